The molecule has 0 radical (unpaired) electrons. The molecule has 8 heteroatoms. The summed E-state index contributed by atoms with van der Waals surface area (Å²) in [6, 6.07) is 9.06. The molecule has 1 aliphatic heterocycles. The van der Waals surface area contributed by atoms with E-state index in [4.69, 9.17) is 4.98 Å². The predicted molar refractivity (Wildman–Crippen MR) is 121 cm³/mol. The molecule has 0 saturated heterocycles. The van der Waals surface area contributed by atoms with Crippen LogP contribution in [0.2, 0.25) is 0 Å². The highest BCUT2D eigenvalue weighted by molar-refractivity contribution is 5.79. The number of anilines is 1. The van der Waals surface area contributed by atoms with Crippen LogP contribution in [0.4, 0.5) is 10.2 Å². The number of amides is 1. The van der Waals surface area contributed by atoms with Gasteiger partial charge in [0.05, 0.1) is 19.0 Å². The highest BCUT2D eigenvalue weighted by Crippen LogP contribution is 2.20. The summed E-state index contributed by atoms with van der Waals surface area (Å²) in [4.78, 5) is 30.7. The van der Waals surface area contributed by atoms with E-state index in [1.807, 2.05) is 17.9 Å². The summed E-state index contributed by atoms with van der Waals surface area (Å²) in [6.45, 7) is 4.53. The lowest BCUT2D eigenvalue weighted by Crippen LogP contribution is -2.40. The van der Waals surface area contributed by atoms with E-state index >= 15 is 0 Å². The number of nitrogens with zero attached hydrogens (tertiary/aromatic N) is 2. The zero-order valence-electron chi connectivity index (χ0n) is 18.4. The Labute approximate surface area is 188 Å². The molecule has 2 heterocycles. The fourth-order valence-corrected chi connectivity index (χ4v) is 3.96. The summed E-state index contributed by atoms with van der Waals surface area (Å²) >= 11 is 0. The number of rotatable bonds is 11. The van der Waals surface area contributed by atoms with Gasteiger partial charge in [0.15, 0.2) is 0 Å². The molecule has 0 aliphatic carbocycles. The van der Waals surface area contributed by atoms with Crippen molar-refractivity contribution in [2.75, 3.05) is 31.5 Å². The van der Waals surface area contributed by atoms with Crippen molar-refractivity contribution in [3.05, 3.63) is 59.0 Å². The molecule has 172 valence electrons. The molecule has 0 spiro atoms. The molecular weight excluding hydrogens is 411 g/mol. The van der Waals surface area contributed by atoms with E-state index in [0.29, 0.717) is 18.5 Å². The molecule has 0 bridgehead atoms. The molecule has 3 rings (SSSR count). The number of pyridine rings is 1. The van der Waals surface area contributed by atoms with Crippen LogP contribution in [-0.2, 0) is 22.4 Å². The van der Waals surface area contributed by atoms with Gasteiger partial charge in [-0.3, -0.25) is 14.5 Å². The molecule has 1 aromatic carbocycles. The van der Waals surface area contributed by atoms with Crippen molar-refractivity contribution >= 4 is 17.7 Å². The summed E-state index contributed by atoms with van der Waals surface area (Å²) in [5.74, 6) is -0.849. The van der Waals surface area contributed by atoms with Gasteiger partial charge >= 0.3 is 5.97 Å². The first kappa shape index (κ1) is 23.7. The maximum Gasteiger partial charge on any atom is 0.305 e. The second-order valence-electron chi connectivity index (χ2n) is 8.14. The largest absolute Gasteiger partial charge is 0.481 e. The minimum absolute atomic E-state index is 0.141. The van der Waals surface area contributed by atoms with Gasteiger partial charge in [0.2, 0.25) is 5.91 Å². The Morgan fingerprint density at radius 3 is 2.88 bits per heavy atom. The maximum atomic E-state index is 13.6. The van der Waals surface area contributed by atoms with Crippen LogP contribution in [0.25, 0.3) is 0 Å². The van der Waals surface area contributed by atoms with Crippen LogP contribution < -0.4 is 10.6 Å². The van der Waals surface area contributed by atoms with Gasteiger partial charge in [-0.15, -0.1) is 0 Å². The fraction of sp³-hybridized carbons (Fsp3) is 0.458. The highest BCUT2D eigenvalue weighted by atomic mass is 19.1. The zero-order chi connectivity index (χ0) is 22.9. The molecule has 1 atom stereocenters. The van der Waals surface area contributed by atoms with Gasteiger partial charge in [0, 0.05) is 25.2 Å². The number of halogens is 1. The van der Waals surface area contributed by atoms with Crippen molar-refractivity contribution in [3.8, 4) is 0 Å². The summed E-state index contributed by atoms with van der Waals surface area (Å²) < 4.78 is 13.6. The van der Waals surface area contributed by atoms with Crippen LogP contribution >= 0.6 is 0 Å². The first-order valence-corrected chi connectivity index (χ1v) is 11.2. The van der Waals surface area contributed by atoms with E-state index in [0.717, 1.165) is 43.9 Å². The number of carboxylic acids is 1. The van der Waals surface area contributed by atoms with Crippen molar-refractivity contribution in [1.29, 1.82) is 0 Å². The summed E-state index contributed by atoms with van der Waals surface area (Å²) in [7, 11) is 0. The minimum Gasteiger partial charge on any atom is -0.481 e. The quantitative estimate of drug-likeness (QED) is 0.495. The molecule has 0 fully saturated rings. The normalized spacial score (nSPS) is 13.8. The predicted octanol–water partition coefficient (Wildman–Crippen LogP) is 3.17. The van der Waals surface area contributed by atoms with E-state index in [-0.39, 0.29) is 18.9 Å². The van der Waals surface area contributed by atoms with E-state index in [1.165, 1.54) is 23.8 Å². The lowest BCUT2D eigenvalue weighted by Gasteiger charge is -2.24. The lowest BCUT2D eigenvalue weighted by atomic mass is 10.0. The number of hydrogen-bond acceptors (Lipinski definition) is 5. The van der Waals surface area contributed by atoms with Gasteiger partial charge < -0.3 is 15.7 Å². The SMILES string of the molecule is CCCN(CCc1ccc2c(n1)NCCC2)CC(=O)NC(CC(=O)O)c1cccc(F)c1. The number of carbonyl (C=O) groups is 2. The van der Waals surface area contributed by atoms with Crippen LogP contribution in [0, 0.1) is 5.82 Å². The smallest absolute Gasteiger partial charge is 0.305 e. The van der Waals surface area contributed by atoms with Crippen molar-refractivity contribution in [2.45, 2.75) is 45.1 Å². The van der Waals surface area contributed by atoms with E-state index in [2.05, 4.69) is 16.7 Å². The summed E-state index contributed by atoms with van der Waals surface area (Å²) in [5.41, 5.74) is 2.66. The van der Waals surface area contributed by atoms with Gasteiger partial charge in [-0.25, -0.2) is 9.37 Å². The molecular formula is C24H31FN4O3. The number of aliphatic carboxylic acids is 1. The van der Waals surface area contributed by atoms with Crippen LogP contribution in [0.5, 0.6) is 0 Å². The molecule has 3 N–H and O–H groups in total. The van der Waals surface area contributed by atoms with Crippen LogP contribution in [-0.4, -0.2) is 53.0 Å². The average molecular weight is 443 g/mol. The Morgan fingerprint density at radius 2 is 2.12 bits per heavy atom. The van der Waals surface area contributed by atoms with Crippen LogP contribution in [0.15, 0.2) is 36.4 Å². The minimum atomic E-state index is -1.06. The Balaban J connectivity index is 1.60. The second-order valence-corrected chi connectivity index (χ2v) is 8.14. The Hall–Kier alpha value is -3.00. The first-order chi connectivity index (χ1) is 15.4. The van der Waals surface area contributed by atoms with Crippen LogP contribution in [0.1, 0.15) is 49.0 Å². The average Bonchev–Trinajstić information content (AvgIpc) is 2.76. The lowest BCUT2D eigenvalue weighted by molar-refractivity contribution is -0.137. The van der Waals surface area contributed by atoms with Crippen molar-refractivity contribution in [2.24, 2.45) is 0 Å². The molecule has 1 aliphatic rings. The Bertz CT molecular complexity index is 937. The van der Waals surface area contributed by atoms with E-state index in [1.54, 1.807) is 6.07 Å². The van der Waals surface area contributed by atoms with Crippen LogP contribution in [0.3, 0.4) is 0 Å². The van der Waals surface area contributed by atoms with Gasteiger partial charge in [0.1, 0.15) is 11.6 Å². The van der Waals surface area contributed by atoms with E-state index < -0.39 is 17.8 Å². The van der Waals surface area contributed by atoms with Crippen molar-refractivity contribution in [1.82, 2.24) is 15.2 Å². The van der Waals surface area contributed by atoms with Crippen molar-refractivity contribution in [3.63, 3.8) is 0 Å². The summed E-state index contributed by atoms with van der Waals surface area (Å²) in [6.07, 6.45) is 3.45. The molecule has 1 amide bonds. The molecule has 7 nitrogen and oxygen atoms in total. The fourth-order valence-electron chi connectivity index (χ4n) is 3.96. The third-order valence-electron chi connectivity index (χ3n) is 5.51. The zero-order valence-corrected chi connectivity index (χ0v) is 18.4. The monoisotopic (exact) mass is 442 g/mol. The van der Waals surface area contributed by atoms with Gasteiger partial charge in [-0.2, -0.15) is 0 Å². The third kappa shape index (κ3) is 7.02. The number of carbonyl (C=O) groups excluding carboxylic acids is 1. The number of aryl methyl sites for hydroxylation is 1. The molecule has 1 unspecified atom stereocenters. The number of fused-ring (bicyclic) bond motifs is 1. The highest BCUT2D eigenvalue weighted by Gasteiger charge is 2.20. The molecule has 1 aromatic heterocycles. The molecule has 0 saturated carbocycles. The number of hydrogen-bond donors (Lipinski definition) is 3. The van der Waals surface area contributed by atoms with E-state index in [9.17, 15) is 19.1 Å². The van der Waals surface area contributed by atoms with Gasteiger partial charge in [-0.1, -0.05) is 25.1 Å². The maximum absolute atomic E-state index is 13.6. The Kier molecular flexibility index (Phi) is 8.56. The molecule has 2 aromatic rings. The number of nitrogens with one attached hydrogen (secondary N) is 2. The second kappa shape index (κ2) is 11.6. The topological polar surface area (TPSA) is 94.6 Å². The standard InChI is InChI=1S/C24H31FN4O3/c1-2-12-29(13-10-20-9-8-17-6-4-11-26-24(17)27-20)16-22(30)28-21(15-23(31)32)18-5-3-7-19(25)14-18/h3,5,7-9,14,21H,2,4,6,10-13,15-16H2,1H3,(H,26,27)(H,28,30)(H,31,32). The van der Waals surface area contributed by atoms with Gasteiger partial charge in [-0.05, 0) is 55.1 Å². The summed E-state index contributed by atoms with van der Waals surface area (Å²) in [5, 5.41) is 15.3. The van der Waals surface area contributed by atoms with Crippen molar-refractivity contribution < 1.29 is 19.1 Å². The number of aromatic nitrogens is 1. The molecule has 32 heavy (non-hydrogen) atoms. The Morgan fingerprint density at radius 1 is 1.28 bits per heavy atom. The van der Waals surface area contributed by atoms with Gasteiger partial charge in [0.25, 0.3) is 0 Å². The number of benzene rings is 1. The third-order valence-corrected chi connectivity index (χ3v) is 5.51. The number of carboxylic acid groups (broad SMARTS) is 1. The first-order valence-electron chi connectivity index (χ1n) is 11.2.